The summed E-state index contributed by atoms with van der Waals surface area (Å²) in [5, 5.41) is 4.72. The van der Waals surface area contributed by atoms with E-state index in [-0.39, 0.29) is 0 Å². The van der Waals surface area contributed by atoms with Crippen LogP contribution in [0.2, 0.25) is 0 Å². The molecule has 0 spiro atoms. The molecule has 0 N–H and O–H groups in total. The number of aromatic nitrogens is 3. The molecule has 248 valence electrons. The van der Waals surface area contributed by atoms with Crippen LogP contribution < -0.4 is 0 Å². The standard InChI is InChI=1S/C49H31N3O/c1-2-13-32(14-3-1)49-50-43-20-7-10-23-46(43)52(49)37-16-12-15-33(28-37)35-27-36(34-25-26-48-42(31-34)41-19-6-11-24-47(41)53-48)30-38(29-35)51-44-21-8-4-17-39(44)40-18-5-9-22-45(40)51/h1-31H. The Morgan fingerprint density at radius 3 is 1.70 bits per heavy atom. The predicted molar refractivity (Wildman–Crippen MR) is 219 cm³/mol. The van der Waals surface area contributed by atoms with Crippen molar-refractivity contribution in [2.24, 2.45) is 0 Å². The Hall–Kier alpha value is -7.17. The first-order valence-electron chi connectivity index (χ1n) is 18.0. The predicted octanol–water partition coefficient (Wildman–Crippen LogP) is 13.0. The number of para-hydroxylation sites is 5. The first-order chi connectivity index (χ1) is 26.3. The molecule has 3 heterocycles. The van der Waals surface area contributed by atoms with Crippen LogP contribution in [0.25, 0.3) is 99.8 Å². The van der Waals surface area contributed by atoms with E-state index in [2.05, 4.69) is 179 Å². The van der Waals surface area contributed by atoms with E-state index in [0.717, 1.165) is 78.0 Å². The molecule has 0 aliphatic carbocycles. The minimum Gasteiger partial charge on any atom is -0.456 e. The molecule has 0 aliphatic rings. The molecule has 4 heteroatoms. The van der Waals surface area contributed by atoms with E-state index in [1.54, 1.807) is 0 Å². The van der Waals surface area contributed by atoms with Gasteiger partial charge in [0.2, 0.25) is 0 Å². The topological polar surface area (TPSA) is 35.9 Å². The first-order valence-corrected chi connectivity index (χ1v) is 18.0. The van der Waals surface area contributed by atoms with Crippen molar-refractivity contribution in [2.75, 3.05) is 0 Å². The van der Waals surface area contributed by atoms with Gasteiger partial charge in [0.15, 0.2) is 0 Å². The lowest BCUT2D eigenvalue weighted by molar-refractivity contribution is 0.669. The Bertz CT molecular complexity index is 3130. The molecular weight excluding hydrogens is 647 g/mol. The zero-order chi connectivity index (χ0) is 34.9. The number of hydrogen-bond acceptors (Lipinski definition) is 2. The molecule has 0 atom stereocenters. The first kappa shape index (κ1) is 29.5. The number of nitrogens with zero attached hydrogens (tertiary/aromatic N) is 3. The fraction of sp³-hybridized carbons (Fsp3) is 0. The Balaban J connectivity index is 1.16. The summed E-state index contributed by atoms with van der Waals surface area (Å²) in [4.78, 5) is 5.12. The van der Waals surface area contributed by atoms with Gasteiger partial charge in [0.05, 0.1) is 22.1 Å². The third-order valence-electron chi connectivity index (χ3n) is 10.5. The monoisotopic (exact) mass is 677 g/mol. The zero-order valence-corrected chi connectivity index (χ0v) is 28.6. The average molecular weight is 678 g/mol. The maximum atomic E-state index is 6.22. The second kappa shape index (κ2) is 11.7. The lowest BCUT2D eigenvalue weighted by atomic mass is 9.96. The molecule has 0 saturated carbocycles. The molecule has 4 nitrogen and oxygen atoms in total. The molecule has 0 unspecified atom stereocenters. The fourth-order valence-electron chi connectivity index (χ4n) is 8.07. The van der Waals surface area contributed by atoms with Crippen molar-refractivity contribution >= 4 is 54.8 Å². The highest BCUT2D eigenvalue weighted by atomic mass is 16.3. The molecule has 53 heavy (non-hydrogen) atoms. The lowest BCUT2D eigenvalue weighted by Gasteiger charge is -2.15. The summed E-state index contributed by atoms with van der Waals surface area (Å²) < 4.78 is 10.9. The number of imidazole rings is 1. The highest BCUT2D eigenvalue weighted by Crippen LogP contribution is 2.39. The minimum absolute atomic E-state index is 0.892. The quantitative estimate of drug-likeness (QED) is 0.182. The van der Waals surface area contributed by atoms with Gasteiger partial charge >= 0.3 is 0 Å². The van der Waals surface area contributed by atoms with Crippen LogP contribution in [0.1, 0.15) is 0 Å². The van der Waals surface area contributed by atoms with Gasteiger partial charge in [0, 0.05) is 38.5 Å². The maximum Gasteiger partial charge on any atom is 0.145 e. The Morgan fingerprint density at radius 2 is 0.925 bits per heavy atom. The molecule has 0 saturated heterocycles. The SMILES string of the molecule is c1ccc(-c2nc3ccccc3n2-c2cccc(-c3cc(-c4ccc5oc6ccccc6c5c4)cc(-n4c5ccccc5c5ccccc54)c3)c2)cc1. The van der Waals surface area contributed by atoms with E-state index in [4.69, 9.17) is 9.40 Å². The normalized spacial score (nSPS) is 11.8. The molecule has 11 rings (SSSR count). The van der Waals surface area contributed by atoms with Crippen molar-refractivity contribution < 1.29 is 4.42 Å². The summed E-state index contributed by atoms with van der Waals surface area (Å²) in [7, 11) is 0. The summed E-state index contributed by atoms with van der Waals surface area (Å²) in [6.45, 7) is 0. The molecule has 0 fully saturated rings. The molecule has 0 bridgehead atoms. The van der Waals surface area contributed by atoms with Crippen LogP contribution in [-0.4, -0.2) is 14.1 Å². The van der Waals surface area contributed by atoms with Crippen molar-refractivity contribution in [1.29, 1.82) is 0 Å². The lowest BCUT2D eigenvalue weighted by Crippen LogP contribution is -1.99. The number of benzene rings is 8. The maximum absolute atomic E-state index is 6.22. The number of hydrogen-bond donors (Lipinski definition) is 0. The summed E-state index contributed by atoms with van der Waals surface area (Å²) in [5.74, 6) is 0.921. The zero-order valence-electron chi connectivity index (χ0n) is 28.6. The Morgan fingerprint density at radius 1 is 0.340 bits per heavy atom. The van der Waals surface area contributed by atoms with Crippen LogP contribution in [0.3, 0.4) is 0 Å². The Labute approximate surface area is 305 Å². The Kier molecular flexibility index (Phi) is 6.52. The summed E-state index contributed by atoms with van der Waals surface area (Å²) in [5.41, 5.74) is 14.0. The molecule has 0 radical (unpaired) electrons. The van der Waals surface area contributed by atoms with Gasteiger partial charge in [0.25, 0.3) is 0 Å². The van der Waals surface area contributed by atoms with Gasteiger partial charge < -0.3 is 8.98 Å². The van der Waals surface area contributed by atoms with E-state index in [1.807, 2.05) is 18.2 Å². The highest BCUT2D eigenvalue weighted by molar-refractivity contribution is 6.10. The van der Waals surface area contributed by atoms with Crippen LogP contribution >= 0.6 is 0 Å². The van der Waals surface area contributed by atoms with Crippen molar-refractivity contribution in [3.8, 4) is 45.0 Å². The van der Waals surface area contributed by atoms with Crippen molar-refractivity contribution in [1.82, 2.24) is 14.1 Å². The van der Waals surface area contributed by atoms with E-state index < -0.39 is 0 Å². The van der Waals surface area contributed by atoms with E-state index in [0.29, 0.717) is 0 Å². The van der Waals surface area contributed by atoms with Gasteiger partial charge in [-0.25, -0.2) is 4.98 Å². The summed E-state index contributed by atoms with van der Waals surface area (Å²) in [6.07, 6.45) is 0. The largest absolute Gasteiger partial charge is 0.456 e. The van der Waals surface area contributed by atoms with Gasteiger partial charge in [-0.15, -0.1) is 0 Å². The van der Waals surface area contributed by atoms with Gasteiger partial charge in [-0.05, 0) is 95.1 Å². The summed E-state index contributed by atoms with van der Waals surface area (Å²) in [6, 6.07) is 66.9. The van der Waals surface area contributed by atoms with Crippen LogP contribution in [0.5, 0.6) is 0 Å². The second-order valence-electron chi connectivity index (χ2n) is 13.6. The van der Waals surface area contributed by atoms with Gasteiger partial charge in [0.1, 0.15) is 17.0 Å². The molecule has 8 aromatic carbocycles. The number of fused-ring (bicyclic) bond motifs is 7. The molecule has 3 aromatic heterocycles. The third-order valence-corrected chi connectivity index (χ3v) is 10.5. The van der Waals surface area contributed by atoms with Crippen LogP contribution in [0.15, 0.2) is 192 Å². The van der Waals surface area contributed by atoms with E-state index in [1.165, 1.54) is 21.8 Å². The van der Waals surface area contributed by atoms with Gasteiger partial charge in [-0.1, -0.05) is 115 Å². The average Bonchev–Trinajstić information content (AvgIpc) is 3.91. The van der Waals surface area contributed by atoms with E-state index in [9.17, 15) is 0 Å². The van der Waals surface area contributed by atoms with Crippen LogP contribution in [-0.2, 0) is 0 Å². The van der Waals surface area contributed by atoms with Gasteiger partial charge in [-0.2, -0.15) is 0 Å². The minimum atomic E-state index is 0.892. The van der Waals surface area contributed by atoms with Gasteiger partial charge in [-0.3, -0.25) is 4.57 Å². The molecule has 0 aliphatic heterocycles. The van der Waals surface area contributed by atoms with Crippen molar-refractivity contribution in [3.63, 3.8) is 0 Å². The highest BCUT2D eigenvalue weighted by Gasteiger charge is 2.18. The molecular formula is C49H31N3O. The van der Waals surface area contributed by atoms with Crippen LogP contribution in [0, 0.1) is 0 Å². The number of rotatable bonds is 5. The van der Waals surface area contributed by atoms with Crippen LogP contribution in [0.4, 0.5) is 0 Å². The molecule has 0 amide bonds. The fourth-order valence-corrected chi connectivity index (χ4v) is 8.07. The van der Waals surface area contributed by atoms with Crippen molar-refractivity contribution in [3.05, 3.63) is 188 Å². The number of furan rings is 1. The second-order valence-corrected chi connectivity index (χ2v) is 13.6. The van der Waals surface area contributed by atoms with Crippen molar-refractivity contribution in [2.45, 2.75) is 0 Å². The van der Waals surface area contributed by atoms with E-state index >= 15 is 0 Å². The molecule has 11 aromatic rings. The third kappa shape index (κ3) is 4.73. The summed E-state index contributed by atoms with van der Waals surface area (Å²) >= 11 is 0. The smallest absolute Gasteiger partial charge is 0.145 e.